The van der Waals surface area contributed by atoms with E-state index in [2.05, 4.69) is 23.6 Å². The van der Waals surface area contributed by atoms with Gasteiger partial charge in [0.1, 0.15) is 5.75 Å². The van der Waals surface area contributed by atoms with Crippen molar-refractivity contribution in [3.8, 4) is 5.75 Å². The van der Waals surface area contributed by atoms with Crippen LogP contribution >= 0.6 is 0 Å². The van der Waals surface area contributed by atoms with Crippen molar-refractivity contribution in [1.29, 1.82) is 0 Å². The van der Waals surface area contributed by atoms with Crippen LogP contribution < -0.4 is 16.0 Å². The topological polar surface area (TPSA) is 47.3 Å². The van der Waals surface area contributed by atoms with Crippen LogP contribution in [0.4, 0.5) is 0 Å². The summed E-state index contributed by atoms with van der Waals surface area (Å²) in [5.41, 5.74) is 5.18. The predicted molar refractivity (Wildman–Crippen MR) is 73.2 cm³/mol. The molecule has 3 nitrogen and oxygen atoms in total. The van der Waals surface area contributed by atoms with E-state index in [0.29, 0.717) is 0 Å². The van der Waals surface area contributed by atoms with E-state index in [1.54, 1.807) is 7.11 Å². The Morgan fingerprint density at radius 1 is 1.06 bits per heavy atom. The van der Waals surface area contributed by atoms with Gasteiger partial charge in [0, 0.05) is 0 Å². The van der Waals surface area contributed by atoms with Gasteiger partial charge in [-0.05, 0) is 23.6 Å². The van der Waals surface area contributed by atoms with Gasteiger partial charge in [0.2, 0.25) is 0 Å². The maximum absolute atomic E-state index is 5.65. The zero-order valence-electron chi connectivity index (χ0n) is 10.5. The highest BCUT2D eigenvalue weighted by molar-refractivity contribution is 5.35. The second kappa shape index (κ2) is 6.19. The second-order valence-corrected chi connectivity index (χ2v) is 4.15. The minimum absolute atomic E-state index is 0.0856. The quantitative estimate of drug-likeness (QED) is 0.625. The molecule has 0 aromatic heterocycles. The summed E-state index contributed by atoms with van der Waals surface area (Å²) < 4.78 is 5.36. The molecule has 0 radical (unpaired) electrons. The Hall–Kier alpha value is -1.84. The standard InChI is InChI=1S/C15H18N2O/c1-18-15-10-6-5-9-13(15)11-14(17-16)12-7-3-2-4-8-12/h2-10,14,17H,11,16H2,1H3. The van der Waals surface area contributed by atoms with E-state index in [4.69, 9.17) is 10.6 Å². The van der Waals surface area contributed by atoms with Gasteiger partial charge in [0.25, 0.3) is 0 Å². The maximum atomic E-state index is 5.65. The monoisotopic (exact) mass is 242 g/mol. The van der Waals surface area contributed by atoms with E-state index in [-0.39, 0.29) is 6.04 Å². The fraction of sp³-hybridized carbons (Fsp3) is 0.200. The lowest BCUT2D eigenvalue weighted by molar-refractivity contribution is 0.405. The van der Waals surface area contributed by atoms with Gasteiger partial charge in [-0.1, -0.05) is 48.5 Å². The van der Waals surface area contributed by atoms with Crippen LogP contribution in [0.5, 0.6) is 5.75 Å². The van der Waals surface area contributed by atoms with Gasteiger partial charge < -0.3 is 4.74 Å². The Kier molecular flexibility index (Phi) is 4.34. The maximum Gasteiger partial charge on any atom is 0.122 e. The molecule has 0 saturated heterocycles. The molecule has 3 heteroatoms. The third-order valence-corrected chi connectivity index (χ3v) is 3.02. The Labute approximate surface area is 108 Å². The van der Waals surface area contributed by atoms with Gasteiger partial charge in [0.15, 0.2) is 0 Å². The van der Waals surface area contributed by atoms with Crippen molar-refractivity contribution in [1.82, 2.24) is 5.43 Å². The minimum atomic E-state index is 0.0856. The molecule has 0 heterocycles. The SMILES string of the molecule is COc1ccccc1CC(NN)c1ccccc1. The molecule has 18 heavy (non-hydrogen) atoms. The fourth-order valence-corrected chi connectivity index (χ4v) is 2.05. The zero-order chi connectivity index (χ0) is 12.8. The Morgan fingerprint density at radius 3 is 2.39 bits per heavy atom. The lowest BCUT2D eigenvalue weighted by atomic mass is 9.99. The second-order valence-electron chi connectivity index (χ2n) is 4.15. The average molecular weight is 242 g/mol. The lowest BCUT2D eigenvalue weighted by Gasteiger charge is -2.17. The number of nitrogens with two attached hydrogens (primary N) is 1. The summed E-state index contributed by atoms with van der Waals surface area (Å²) in [5.74, 6) is 6.55. The third kappa shape index (κ3) is 2.88. The first-order valence-corrected chi connectivity index (χ1v) is 5.98. The highest BCUT2D eigenvalue weighted by atomic mass is 16.5. The van der Waals surface area contributed by atoms with Crippen LogP contribution in [0.2, 0.25) is 0 Å². The van der Waals surface area contributed by atoms with Crippen LogP contribution in [0.1, 0.15) is 17.2 Å². The minimum Gasteiger partial charge on any atom is -0.496 e. The first-order valence-electron chi connectivity index (χ1n) is 5.98. The van der Waals surface area contributed by atoms with Crippen molar-refractivity contribution in [3.63, 3.8) is 0 Å². The third-order valence-electron chi connectivity index (χ3n) is 3.02. The summed E-state index contributed by atoms with van der Waals surface area (Å²) in [4.78, 5) is 0. The fourth-order valence-electron chi connectivity index (χ4n) is 2.05. The van der Waals surface area contributed by atoms with Crippen LogP contribution in [-0.4, -0.2) is 7.11 Å². The summed E-state index contributed by atoms with van der Waals surface area (Å²) in [5, 5.41) is 0. The van der Waals surface area contributed by atoms with Gasteiger partial charge in [-0.15, -0.1) is 0 Å². The number of benzene rings is 2. The zero-order valence-corrected chi connectivity index (χ0v) is 10.5. The molecular weight excluding hydrogens is 224 g/mol. The molecular formula is C15H18N2O. The Morgan fingerprint density at radius 2 is 1.72 bits per heavy atom. The number of hydrogen-bond acceptors (Lipinski definition) is 3. The highest BCUT2D eigenvalue weighted by Crippen LogP contribution is 2.24. The molecule has 3 N–H and O–H groups in total. The molecule has 2 aromatic carbocycles. The smallest absolute Gasteiger partial charge is 0.122 e. The molecule has 0 aliphatic rings. The van der Waals surface area contributed by atoms with Crippen LogP contribution in [0.3, 0.4) is 0 Å². The van der Waals surface area contributed by atoms with E-state index in [1.165, 1.54) is 5.56 Å². The van der Waals surface area contributed by atoms with E-state index < -0.39 is 0 Å². The molecule has 0 aliphatic carbocycles. The highest BCUT2D eigenvalue weighted by Gasteiger charge is 2.12. The summed E-state index contributed by atoms with van der Waals surface area (Å²) in [7, 11) is 1.69. The van der Waals surface area contributed by atoms with Crippen molar-refractivity contribution < 1.29 is 4.74 Å². The van der Waals surface area contributed by atoms with E-state index in [9.17, 15) is 0 Å². The van der Waals surface area contributed by atoms with E-state index in [1.807, 2.05) is 36.4 Å². The molecule has 94 valence electrons. The summed E-state index contributed by atoms with van der Waals surface area (Å²) in [6.45, 7) is 0. The molecule has 0 spiro atoms. The number of nitrogens with one attached hydrogen (secondary N) is 1. The molecule has 2 aromatic rings. The van der Waals surface area contributed by atoms with Crippen molar-refractivity contribution in [2.45, 2.75) is 12.5 Å². The van der Waals surface area contributed by atoms with Crippen LogP contribution in [-0.2, 0) is 6.42 Å². The molecule has 0 fully saturated rings. The van der Waals surface area contributed by atoms with Crippen LogP contribution in [0.25, 0.3) is 0 Å². The number of rotatable bonds is 5. The van der Waals surface area contributed by atoms with Gasteiger partial charge in [0.05, 0.1) is 13.2 Å². The van der Waals surface area contributed by atoms with Crippen molar-refractivity contribution in [2.75, 3.05) is 7.11 Å². The Balaban J connectivity index is 2.21. The number of hydrazine groups is 1. The first kappa shape index (κ1) is 12.6. The molecule has 2 rings (SSSR count). The van der Waals surface area contributed by atoms with Crippen molar-refractivity contribution in [3.05, 3.63) is 65.7 Å². The molecule has 1 atom stereocenters. The van der Waals surface area contributed by atoms with Crippen molar-refractivity contribution in [2.24, 2.45) is 5.84 Å². The molecule has 1 unspecified atom stereocenters. The van der Waals surface area contributed by atoms with Gasteiger partial charge in [-0.3, -0.25) is 11.3 Å². The number of ether oxygens (including phenoxy) is 1. The normalized spacial score (nSPS) is 12.1. The Bertz CT molecular complexity index is 485. The van der Waals surface area contributed by atoms with Gasteiger partial charge in [-0.2, -0.15) is 0 Å². The first-order chi connectivity index (χ1) is 8.85. The van der Waals surface area contributed by atoms with E-state index >= 15 is 0 Å². The lowest BCUT2D eigenvalue weighted by Crippen LogP contribution is -2.29. The average Bonchev–Trinajstić information content (AvgIpc) is 2.46. The van der Waals surface area contributed by atoms with Crippen molar-refractivity contribution >= 4 is 0 Å². The summed E-state index contributed by atoms with van der Waals surface area (Å²) in [6, 6.07) is 18.3. The van der Waals surface area contributed by atoms with Crippen LogP contribution in [0, 0.1) is 0 Å². The van der Waals surface area contributed by atoms with Crippen LogP contribution in [0.15, 0.2) is 54.6 Å². The number of methoxy groups -OCH3 is 1. The molecule has 0 saturated carbocycles. The molecule has 0 aliphatic heterocycles. The number of hydrogen-bond donors (Lipinski definition) is 2. The number of para-hydroxylation sites is 1. The van der Waals surface area contributed by atoms with E-state index in [0.717, 1.165) is 17.7 Å². The summed E-state index contributed by atoms with van der Waals surface area (Å²) >= 11 is 0. The summed E-state index contributed by atoms with van der Waals surface area (Å²) in [6.07, 6.45) is 0.796. The molecule has 0 bridgehead atoms. The van der Waals surface area contributed by atoms with Gasteiger partial charge in [-0.25, -0.2) is 0 Å². The largest absolute Gasteiger partial charge is 0.496 e. The predicted octanol–water partition coefficient (Wildman–Crippen LogP) is 2.44. The van der Waals surface area contributed by atoms with Gasteiger partial charge >= 0.3 is 0 Å². The molecule has 0 amide bonds.